The summed E-state index contributed by atoms with van der Waals surface area (Å²) in [5, 5.41) is 3.34. The Morgan fingerprint density at radius 2 is 0.949 bits per heavy atom. The van der Waals surface area contributed by atoms with E-state index in [9.17, 15) is 9.59 Å². The first kappa shape index (κ1) is 67.9. The van der Waals surface area contributed by atoms with Crippen molar-refractivity contribution in [2.24, 2.45) is 23.7 Å². The monoisotopic (exact) mass is 1160 g/mol. The molecule has 0 aliphatic carbocycles. The van der Waals surface area contributed by atoms with Crippen molar-refractivity contribution in [1.29, 1.82) is 0 Å². The van der Waals surface area contributed by atoms with E-state index in [1.165, 1.54) is 0 Å². The summed E-state index contributed by atoms with van der Waals surface area (Å²) in [5.74, 6) is 1.25. The van der Waals surface area contributed by atoms with Gasteiger partial charge in [0.05, 0.1) is 24.3 Å². The van der Waals surface area contributed by atoms with E-state index in [0.717, 1.165) is 106 Å². The second-order valence-corrected chi connectivity index (χ2v) is 27.1. The third kappa shape index (κ3) is 24.1. The zero-order chi connectivity index (χ0) is 57.5. The van der Waals surface area contributed by atoms with Crippen molar-refractivity contribution >= 4 is 74.0 Å². The number of hydrogen-bond acceptors (Lipinski definition) is 13. The summed E-state index contributed by atoms with van der Waals surface area (Å²) in [6.45, 7) is 17.3. The van der Waals surface area contributed by atoms with Crippen LogP contribution in [-0.2, 0) is 41.5 Å². The minimum atomic E-state index is -0.914. The smallest absolute Gasteiger partial charge is 0.245 e. The number of hydrogen-bond donors (Lipinski definition) is 5. The van der Waals surface area contributed by atoms with Gasteiger partial charge in [0.1, 0.15) is 36.8 Å². The molecule has 4 rings (SSSR count). The predicted molar refractivity (Wildman–Crippen MR) is 332 cm³/mol. The number of carbonyl (C=O) groups excluding carboxylic acids is 4. The van der Waals surface area contributed by atoms with Gasteiger partial charge >= 0.3 is 0 Å². The normalized spacial score (nSPS) is 19.9. The number of rotatable bonds is 37. The number of likely N-dealkylation sites (N-methyl/N-ethyl adjacent to an activating group) is 4. The third-order valence-electron chi connectivity index (χ3n) is 15.9. The molecule has 442 valence electrons. The fourth-order valence-corrected chi connectivity index (χ4v) is 11.9. The van der Waals surface area contributed by atoms with Crippen molar-refractivity contribution in [3.05, 3.63) is 59.7 Å². The van der Waals surface area contributed by atoms with Gasteiger partial charge in [0, 0.05) is 51.3 Å². The van der Waals surface area contributed by atoms with Crippen LogP contribution in [0.1, 0.15) is 156 Å². The molecular weight excluding hydrogens is 1060 g/mol. The highest BCUT2D eigenvalue weighted by molar-refractivity contribution is 7.81. The van der Waals surface area contributed by atoms with Gasteiger partial charge in [0.25, 0.3) is 0 Å². The van der Waals surface area contributed by atoms with Crippen LogP contribution in [0.4, 0.5) is 0 Å². The van der Waals surface area contributed by atoms with Crippen molar-refractivity contribution in [3.8, 4) is 11.5 Å². The van der Waals surface area contributed by atoms with E-state index in [0.29, 0.717) is 45.3 Å². The largest absolute Gasteiger partial charge is 0.491 e. The van der Waals surface area contributed by atoms with Crippen LogP contribution in [0.15, 0.2) is 48.5 Å². The van der Waals surface area contributed by atoms with Gasteiger partial charge < -0.3 is 39.0 Å². The summed E-state index contributed by atoms with van der Waals surface area (Å²) < 4.78 is 23.5. The highest BCUT2D eigenvalue weighted by Gasteiger charge is 2.41. The molecule has 2 aliphatic heterocycles. The number of nitrogens with zero attached hydrogens (tertiary/aromatic N) is 3. The molecule has 2 aliphatic rings. The Balaban J connectivity index is 1.61. The maximum absolute atomic E-state index is 15.6. The summed E-state index contributed by atoms with van der Waals surface area (Å²) in [7, 11) is 6.96. The van der Waals surface area contributed by atoms with E-state index in [1.807, 2.05) is 36.4 Å². The molecule has 13 atom stereocenters. The topological polar surface area (TPSA) is 127 Å². The standard InChI is InChI=1S/C62H102N4O8S4/c1-41(2)32-55(63-8)60(68)65(10)57(34-43(4)17-20-46(7)76)62(70)66(11)58(35-44(5)18-29-53(77)36-47-21-25-49(26-22-47)73-39-51-14-12-30-71-51)61(69)64(9)56(33-42(3)16-19-45(6)75)59(67)38-54(78)37-48-23-27-50(28-24-48)74-40-52-15-13-31-72-52/h21-28,41-46,51-58,63,75-78H,12-20,29-40H2,1-11H3/t42?,43?,44?,45?,46?,51?,52?,53?,54?,55-,56?,57-,58-/m0/s1. The molecule has 0 spiro atoms. The Morgan fingerprint density at radius 3 is 1.35 bits per heavy atom. The lowest BCUT2D eigenvalue weighted by atomic mass is 9.89. The van der Waals surface area contributed by atoms with Crippen molar-refractivity contribution in [2.75, 3.05) is 54.6 Å². The lowest BCUT2D eigenvalue weighted by Gasteiger charge is -2.40. The Labute approximate surface area is 493 Å². The van der Waals surface area contributed by atoms with Gasteiger partial charge in [-0.1, -0.05) is 72.7 Å². The first-order valence-electron chi connectivity index (χ1n) is 29.4. The van der Waals surface area contributed by atoms with Gasteiger partial charge in [-0.15, -0.1) is 0 Å². The quantitative estimate of drug-likeness (QED) is 0.0420. The number of ether oxygens (including phenoxy) is 4. The molecule has 2 heterocycles. The Bertz CT molecular complexity index is 2050. The predicted octanol–water partition coefficient (Wildman–Crippen LogP) is 11.3. The second-order valence-electron chi connectivity index (χ2n) is 23.9. The average molecular weight is 1160 g/mol. The lowest BCUT2D eigenvalue weighted by molar-refractivity contribution is -0.153. The van der Waals surface area contributed by atoms with Crippen LogP contribution in [0.2, 0.25) is 0 Å². The van der Waals surface area contributed by atoms with Crippen LogP contribution in [-0.4, -0.2) is 150 Å². The fraction of sp³-hybridized carbons (Fsp3) is 0.742. The highest BCUT2D eigenvalue weighted by atomic mass is 32.1. The molecule has 0 saturated carbocycles. The number of carbonyl (C=O) groups is 4. The van der Waals surface area contributed by atoms with Gasteiger partial charge in [0.2, 0.25) is 17.7 Å². The van der Waals surface area contributed by atoms with Crippen molar-refractivity contribution in [3.63, 3.8) is 0 Å². The number of ketones is 1. The van der Waals surface area contributed by atoms with Crippen molar-refractivity contribution < 1.29 is 38.1 Å². The highest BCUT2D eigenvalue weighted by Crippen LogP contribution is 2.29. The molecule has 10 unspecified atom stereocenters. The minimum absolute atomic E-state index is 0.00115. The van der Waals surface area contributed by atoms with Gasteiger partial charge in [-0.3, -0.25) is 19.2 Å². The van der Waals surface area contributed by atoms with E-state index >= 15 is 9.59 Å². The first-order chi connectivity index (χ1) is 37.0. The molecule has 2 aromatic carbocycles. The summed E-state index contributed by atoms with van der Waals surface area (Å²) >= 11 is 19.4. The van der Waals surface area contributed by atoms with Crippen LogP contribution in [0.3, 0.4) is 0 Å². The Hall–Kier alpha value is -2.60. The van der Waals surface area contributed by atoms with E-state index in [2.05, 4.69) is 91.2 Å². The molecular formula is C62H102N4O8S4. The molecule has 2 fully saturated rings. The van der Waals surface area contributed by atoms with Crippen molar-refractivity contribution in [1.82, 2.24) is 20.0 Å². The Kier molecular flexibility index (Phi) is 30.8. The molecule has 16 heteroatoms. The maximum Gasteiger partial charge on any atom is 0.245 e. The van der Waals surface area contributed by atoms with Gasteiger partial charge in [-0.2, -0.15) is 50.5 Å². The van der Waals surface area contributed by atoms with Gasteiger partial charge in [0.15, 0.2) is 5.78 Å². The van der Waals surface area contributed by atoms with Crippen LogP contribution < -0.4 is 14.8 Å². The molecule has 1 N–H and O–H groups in total. The van der Waals surface area contributed by atoms with E-state index in [1.54, 1.807) is 42.9 Å². The molecule has 2 saturated heterocycles. The summed E-state index contributed by atoms with van der Waals surface area (Å²) in [6, 6.07) is 13.2. The Morgan fingerprint density at radius 1 is 0.551 bits per heavy atom. The second kappa shape index (κ2) is 35.4. The van der Waals surface area contributed by atoms with E-state index in [-0.39, 0.29) is 86.8 Å². The number of Topliss-reactive ketones (excluding diaryl/α,β-unsaturated/α-hetero) is 1. The van der Waals surface area contributed by atoms with E-state index < -0.39 is 24.2 Å². The minimum Gasteiger partial charge on any atom is -0.491 e. The molecule has 0 bridgehead atoms. The maximum atomic E-state index is 15.6. The van der Waals surface area contributed by atoms with E-state index in [4.69, 9.17) is 44.2 Å². The zero-order valence-corrected chi connectivity index (χ0v) is 53.0. The first-order valence-corrected chi connectivity index (χ1v) is 31.5. The van der Waals surface area contributed by atoms with Crippen molar-refractivity contribution in [2.45, 2.75) is 215 Å². The SMILES string of the molecule is CN[C@@H](CC(C)C)C(=O)N(C)[C@@H](CC(C)CCC(C)S)C(=O)N(C)[C@@H](CC(C)CCC(S)Cc1ccc(OCC2CCCO2)cc1)C(=O)N(C)C(CC(C)CCC(C)S)C(=O)CC(S)Cc1ccc(OCC2CCCO2)cc1. The summed E-state index contributed by atoms with van der Waals surface area (Å²) in [6.07, 6.45) is 12.7. The fourth-order valence-electron chi connectivity index (χ4n) is 10.8. The number of amides is 3. The molecule has 3 amide bonds. The van der Waals surface area contributed by atoms with Crippen LogP contribution in [0.5, 0.6) is 11.5 Å². The number of benzene rings is 2. The molecule has 0 aromatic heterocycles. The zero-order valence-electron chi connectivity index (χ0n) is 49.4. The average Bonchev–Trinajstić information content (AvgIpc) is 4.16. The number of nitrogens with one attached hydrogen (secondary N) is 1. The van der Waals surface area contributed by atoms with Crippen LogP contribution in [0.25, 0.3) is 0 Å². The van der Waals surface area contributed by atoms with Gasteiger partial charge in [-0.25, -0.2) is 0 Å². The third-order valence-corrected chi connectivity index (χ3v) is 17.2. The van der Waals surface area contributed by atoms with Crippen LogP contribution >= 0.6 is 50.5 Å². The lowest BCUT2D eigenvalue weighted by Crippen LogP contribution is -2.58. The molecule has 78 heavy (non-hydrogen) atoms. The number of thiol groups is 4. The van der Waals surface area contributed by atoms with Crippen LogP contribution in [0, 0.1) is 23.7 Å². The van der Waals surface area contributed by atoms with Gasteiger partial charge in [-0.05, 0) is 179 Å². The molecule has 12 nitrogen and oxygen atoms in total. The summed E-state index contributed by atoms with van der Waals surface area (Å²) in [5.41, 5.74) is 2.20. The summed E-state index contributed by atoms with van der Waals surface area (Å²) in [4.78, 5) is 65.0. The molecule has 2 aromatic rings. The molecule has 0 radical (unpaired) electrons.